The molecule has 29 heavy (non-hydrogen) atoms. The van der Waals surface area contributed by atoms with Crippen LogP contribution in [0.4, 0.5) is 0 Å². The topological polar surface area (TPSA) is 66.8 Å². The number of rotatable bonds is 6. The third kappa shape index (κ3) is 5.24. The van der Waals surface area contributed by atoms with Gasteiger partial charge in [0, 0.05) is 17.5 Å². The second-order valence-electron chi connectivity index (χ2n) is 7.18. The Kier molecular flexibility index (Phi) is 6.32. The van der Waals surface area contributed by atoms with E-state index in [0.29, 0.717) is 17.5 Å². The molecule has 0 aromatic heterocycles. The molecule has 2 heterocycles. The summed E-state index contributed by atoms with van der Waals surface area (Å²) >= 11 is 2.98. The van der Waals surface area contributed by atoms with E-state index in [1.165, 1.54) is 17.3 Å². The van der Waals surface area contributed by atoms with Crippen molar-refractivity contribution >= 4 is 44.4 Å². The SMILES string of the molecule is O=C(CSCc1ccccc1)N=C1SC2CS(=O)(=O)CC2N1Cc1ccccc1. The second-order valence-corrected chi connectivity index (χ2v) is 11.5. The molecule has 2 aromatic rings. The van der Waals surface area contributed by atoms with Crippen LogP contribution in [0.25, 0.3) is 0 Å². The summed E-state index contributed by atoms with van der Waals surface area (Å²) in [6, 6.07) is 19.8. The number of hydrogen-bond donors (Lipinski definition) is 0. The van der Waals surface area contributed by atoms with Gasteiger partial charge in [0.05, 0.1) is 23.3 Å². The molecule has 4 rings (SSSR count). The maximum atomic E-state index is 12.5. The Morgan fingerprint density at radius 3 is 2.38 bits per heavy atom. The van der Waals surface area contributed by atoms with E-state index in [1.807, 2.05) is 65.6 Å². The molecule has 0 N–H and O–H groups in total. The molecule has 0 radical (unpaired) electrons. The molecule has 5 nitrogen and oxygen atoms in total. The molecular weight excluding hydrogens is 424 g/mol. The van der Waals surface area contributed by atoms with Crippen molar-refractivity contribution in [3.05, 3.63) is 71.8 Å². The number of nitrogens with zero attached hydrogens (tertiary/aromatic N) is 2. The number of fused-ring (bicyclic) bond motifs is 1. The minimum Gasteiger partial charge on any atom is -0.342 e. The minimum absolute atomic E-state index is 0.0489. The highest BCUT2D eigenvalue weighted by molar-refractivity contribution is 8.15. The first-order valence-electron chi connectivity index (χ1n) is 9.41. The zero-order valence-corrected chi connectivity index (χ0v) is 18.3. The van der Waals surface area contributed by atoms with Crippen LogP contribution in [0.1, 0.15) is 11.1 Å². The number of amidine groups is 1. The summed E-state index contributed by atoms with van der Waals surface area (Å²) in [4.78, 5) is 18.8. The van der Waals surface area contributed by atoms with Gasteiger partial charge in [0.1, 0.15) is 0 Å². The molecule has 0 saturated carbocycles. The standard InChI is InChI=1S/C21H22N2O3S3/c24-20(13-27-12-17-9-5-2-6-10-17)22-21-23(11-16-7-3-1-4-8-16)18-14-29(25,26)15-19(18)28-21/h1-10,18-19H,11-15H2. The number of aliphatic imine (C=N–C) groups is 1. The van der Waals surface area contributed by atoms with Crippen molar-refractivity contribution in [1.29, 1.82) is 0 Å². The second kappa shape index (κ2) is 8.93. The Balaban J connectivity index is 1.44. The lowest BCUT2D eigenvalue weighted by Gasteiger charge is -2.24. The number of benzene rings is 2. The Morgan fingerprint density at radius 2 is 1.69 bits per heavy atom. The summed E-state index contributed by atoms with van der Waals surface area (Å²) in [6.07, 6.45) is 0. The lowest BCUT2D eigenvalue weighted by Crippen LogP contribution is -2.37. The van der Waals surface area contributed by atoms with E-state index in [2.05, 4.69) is 4.99 Å². The molecule has 0 aliphatic carbocycles. The Hall–Kier alpha value is -1.77. The number of amides is 1. The van der Waals surface area contributed by atoms with E-state index >= 15 is 0 Å². The van der Waals surface area contributed by atoms with Crippen molar-refractivity contribution in [3.8, 4) is 0 Å². The first kappa shape index (κ1) is 20.5. The van der Waals surface area contributed by atoms with Crippen molar-refractivity contribution in [2.45, 2.75) is 23.6 Å². The van der Waals surface area contributed by atoms with Crippen molar-refractivity contribution in [3.63, 3.8) is 0 Å². The van der Waals surface area contributed by atoms with Gasteiger partial charge in [0.25, 0.3) is 5.91 Å². The summed E-state index contributed by atoms with van der Waals surface area (Å²) in [7, 11) is -3.03. The average Bonchev–Trinajstić information content (AvgIpc) is 3.15. The predicted molar refractivity (Wildman–Crippen MR) is 121 cm³/mol. The smallest absolute Gasteiger partial charge is 0.258 e. The molecule has 1 amide bonds. The van der Waals surface area contributed by atoms with E-state index in [4.69, 9.17) is 0 Å². The Labute approximate surface area is 179 Å². The molecule has 2 fully saturated rings. The number of thioether (sulfide) groups is 2. The predicted octanol–water partition coefficient (Wildman–Crippen LogP) is 3.22. The minimum atomic E-state index is -3.03. The zero-order valence-electron chi connectivity index (χ0n) is 15.8. The van der Waals surface area contributed by atoms with Gasteiger partial charge in [-0.15, -0.1) is 11.8 Å². The molecular formula is C21H22N2O3S3. The van der Waals surface area contributed by atoms with Crippen LogP contribution in [0.5, 0.6) is 0 Å². The van der Waals surface area contributed by atoms with Gasteiger partial charge in [-0.25, -0.2) is 8.42 Å². The number of carbonyl (C=O) groups is 1. The fourth-order valence-corrected chi connectivity index (χ4v) is 8.31. The summed E-state index contributed by atoms with van der Waals surface area (Å²) in [6.45, 7) is 0.563. The Morgan fingerprint density at radius 1 is 1.03 bits per heavy atom. The molecule has 8 heteroatoms. The first-order valence-corrected chi connectivity index (χ1v) is 13.3. The number of sulfone groups is 1. The monoisotopic (exact) mass is 446 g/mol. The highest BCUT2D eigenvalue weighted by Crippen LogP contribution is 2.39. The number of carbonyl (C=O) groups excluding carboxylic acids is 1. The molecule has 0 bridgehead atoms. The van der Waals surface area contributed by atoms with Gasteiger partial charge in [-0.1, -0.05) is 72.4 Å². The molecule has 0 spiro atoms. The number of hydrogen-bond acceptors (Lipinski definition) is 5. The molecule has 2 saturated heterocycles. The zero-order chi connectivity index (χ0) is 20.3. The third-order valence-electron chi connectivity index (χ3n) is 4.93. The Bertz CT molecular complexity index is 994. The first-order chi connectivity index (χ1) is 14.0. The van der Waals surface area contributed by atoms with Gasteiger partial charge in [-0.05, 0) is 11.1 Å². The van der Waals surface area contributed by atoms with Crippen LogP contribution >= 0.6 is 23.5 Å². The van der Waals surface area contributed by atoms with Gasteiger partial charge in [0.2, 0.25) is 0 Å². The molecule has 2 aliphatic rings. The third-order valence-corrected chi connectivity index (χ3v) is 9.16. The molecule has 2 atom stereocenters. The lowest BCUT2D eigenvalue weighted by molar-refractivity contribution is -0.115. The van der Waals surface area contributed by atoms with Crippen LogP contribution in [-0.4, -0.2) is 52.9 Å². The summed E-state index contributed by atoms with van der Waals surface area (Å²) in [5.74, 6) is 1.19. The van der Waals surface area contributed by atoms with E-state index in [0.717, 1.165) is 11.3 Å². The molecule has 2 aromatic carbocycles. The van der Waals surface area contributed by atoms with Gasteiger partial charge < -0.3 is 4.90 Å². The maximum absolute atomic E-state index is 12.5. The van der Waals surface area contributed by atoms with Crippen molar-refractivity contribution in [2.75, 3.05) is 17.3 Å². The fraction of sp³-hybridized carbons (Fsp3) is 0.333. The van der Waals surface area contributed by atoms with Crippen molar-refractivity contribution < 1.29 is 13.2 Å². The van der Waals surface area contributed by atoms with Crippen LogP contribution in [0.15, 0.2) is 65.7 Å². The van der Waals surface area contributed by atoms with E-state index in [-0.39, 0.29) is 28.7 Å². The lowest BCUT2D eigenvalue weighted by atomic mass is 10.1. The van der Waals surface area contributed by atoms with Crippen LogP contribution in [0.2, 0.25) is 0 Å². The fourth-order valence-electron chi connectivity index (χ4n) is 3.57. The van der Waals surface area contributed by atoms with Gasteiger partial charge >= 0.3 is 0 Å². The van der Waals surface area contributed by atoms with Crippen LogP contribution < -0.4 is 0 Å². The average molecular weight is 447 g/mol. The van der Waals surface area contributed by atoms with E-state index in [1.54, 1.807) is 11.8 Å². The van der Waals surface area contributed by atoms with Gasteiger partial charge in [-0.3, -0.25) is 4.79 Å². The summed E-state index contributed by atoms with van der Waals surface area (Å²) in [5.41, 5.74) is 2.26. The maximum Gasteiger partial charge on any atom is 0.258 e. The highest BCUT2D eigenvalue weighted by atomic mass is 32.2. The van der Waals surface area contributed by atoms with Crippen molar-refractivity contribution in [1.82, 2.24) is 4.90 Å². The largest absolute Gasteiger partial charge is 0.342 e. The van der Waals surface area contributed by atoms with Crippen LogP contribution in [0.3, 0.4) is 0 Å². The van der Waals surface area contributed by atoms with Crippen molar-refractivity contribution in [2.24, 2.45) is 4.99 Å². The van der Waals surface area contributed by atoms with Gasteiger partial charge in [-0.2, -0.15) is 4.99 Å². The summed E-state index contributed by atoms with van der Waals surface area (Å²) in [5, 5.41) is 0.608. The van der Waals surface area contributed by atoms with E-state index in [9.17, 15) is 13.2 Å². The van der Waals surface area contributed by atoms with Crippen LogP contribution in [0, 0.1) is 0 Å². The molecule has 152 valence electrons. The van der Waals surface area contributed by atoms with Gasteiger partial charge in [0.15, 0.2) is 15.0 Å². The van der Waals surface area contributed by atoms with Crippen LogP contribution in [-0.2, 0) is 26.9 Å². The normalized spacial score (nSPS) is 24.0. The summed E-state index contributed by atoms with van der Waals surface area (Å²) < 4.78 is 24.2. The van der Waals surface area contributed by atoms with E-state index < -0.39 is 9.84 Å². The quantitative estimate of drug-likeness (QED) is 0.679. The highest BCUT2D eigenvalue weighted by Gasteiger charge is 2.48. The molecule has 2 unspecified atom stereocenters. The molecule has 2 aliphatic heterocycles.